The number of rotatable bonds is 7. The van der Waals surface area contributed by atoms with Crippen molar-refractivity contribution in [2.24, 2.45) is 0 Å². The van der Waals surface area contributed by atoms with E-state index in [4.69, 9.17) is 5.11 Å². The van der Waals surface area contributed by atoms with Crippen molar-refractivity contribution in [3.05, 3.63) is 23.3 Å². The van der Waals surface area contributed by atoms with Crippen LogP contribution in [0, 0.1) is 0 Å². The minimum absolute atomic E-state index is 0.0796. The second-order valence-electron chi connectivity index (χ2n) is 4.77. The van der Waals surface area contributed by atoms with Gasteiger partial charge in [-0.25, -0.2) is 4.79 Å². The molecule has 22 heavy (non-hydrogen) atoms. The first-order chi connectivity index (χ1) is 10.2. The van der Waals surface area contributed by atoms with Crippen LogP contribution in [-0.2, 0) is 19.2 Å². The van der Waals surface area contributed by atoms with Gasteiger partial charge in [-0.05, 0) is 20.3 Å². The highest BCUT2D eigenvalue weighted by molar-refractivity contribution is 6.22. The van der Waals surface area contributed by atoms with E-state index in [1.54, 1.807) is 6.92 Å². The minimum atomic E-state index is -1.59. The fourth-order valence-electron chi connectivity index (χ4n) is 2.22. The zero-order valence-corrected chi connectivity index (χ0v) is 12.1. The number of allylic oxidation sites excluding steroid dienone is 1. The van der Waals surface area contributed by atoms with Gasteiger partial charge < -0.3 is 15.3 Å². The third kappa shape index (κ3) is 3.40. The minimum Gasteiger partial charge on any atom is -0.481 e. The Bertz CT molecular complexity index is 574. The zero-order valence-electron chi connectivity index (χ0n) is 12.1. The summed E-state index contributed by atoms with van der Waals surface area (Å²) >= 11 is 0. The molecule has 0 saturated heterocycles. The summed E-state index contributed by atoms with van der Waals surface area (Å²) in [6.45, 7) is 2.90. The Morgan fingerprint density at radius 1 is 1.23 bits per heavy atom. The Labute approximate surface area is 126 Å². The van der Waals surface area contributed by atoms with Crippen molar-refractivity contribution in [1.29, 1.82) is 0 Å². The number of aliphatic carboxylic acids is 2. The van der Waals surface area contributed by atoms with Gasteiger partial charge in [0, 0.05) is 6.42 Å². The number of amides is 2. The van der Waals surface area contributed by atoms with E-state index >= 15 is 0 Å². The van der Waals surface area contributed by atoms with E-state index in [2.05, 4.69) is 0 Å². The third-order valence-electron chi connectivity index (χ3n) is 3.17. The first kappa shape index (κ1) is 17.6. The van der Waals surface area contributed by atoms with E-state index in [0.717, 1.165) is 0 Å². The SMILES string of the molecule is C/C=C\C1=C(C(C)O)C(=O)N(C(CCC(=O)O)C(=O)O)C1=O. The molecule has 120 valence electrons. The van der Waals surface area contributed by atoms with Crippen LogP contribution in [0.5, 0.6) is 0 Å². The van der Waals surface area contributed by atoms with E-state index < -0.39 is 48.7 Å². The van der Waals surface area contributed by atoms with Crippen LogP contribution in [0.15, 0.2) is 23.3 Å². The Morgan fingerprint density at radius 2 is 1.82 bits per heavy atom. The van der Waals surface area contributed by atoms with Crippen LogP contribution in [0.3, 0.4) is 0 Å². The summed E-state index contributed by atoms with van der Waals surface area (Å²) in [6.07, 6.45) is 0.647. The number of carbonyl (C=O) groups excluding carboxylic acids is 2. The number of aliphatic hydroxyl groups excluding tert-OH is 1. The number of nitrogens with zero attached hydrogens (tertiary/aromatic N) is 1. The Morgan fingerprint density at radius 3 is 2.23 bits per heavy atom. The number of carboxylic acid groups (broad SMARTS) is 2. The third-order valence-corrected chi connectivity index (χ3v) is 3.17. The van der Waals surface area contributed by atoms with Gasteiger partial charge in [-0.3, -0.25) is 19.3 Å². The van der Waals surface area contributed by atoms with E-state index in [0.29, 0.717) is 4.90 Å². The molecule has 8 heteroatoms. The topological polar surface area (TPSA) is 132 Å². The van der Waals surface area contributed by atoms with Crippen LogP contribution < -0.4 is 0 Å². The molecule has 2 amide bonds. The number of carbonyl (C=O) groups is 4. The van der Waals surface area contributed by atoms with Crippen molar-refractivity contribution in [3.8, 4) is 0 Å². The van der Waals surface area contributed by atoms with Crippen molar-refractivity contribution in [2.75, 3.05) is 0 Å². The van der Waals surface area contributed by atoms with Gasteiger partial charge in [-0.1, -0.05) is 12.2 Å². The van der Waals surface area contributed by atoms with Gasteiger partial charge in [0.15, 0.2) is 0 Å². The summed E-state index contributed by atoms with van der Waals surface area (Å²) in [5, 5.41) is 27.5. The number of imide groups is 1. The van der Waals surface area contributed by atoms with Crippen LogP contribution in [0.4, 0.5) is 0 Å². The highest BCUT2D eigenvalue weighted by atomic mass is 16.4. The van der Waals surface area contributed by atoms with Gasteiger partial charge in [0.2, 0.25) is 0 Å². The van der Waals surface area contributed by atoms with Crippen molar-refractivity contribution in [2.45, 2.75) is 38.8 Å². The molecule has 0 aliphatic carbocycles. The van der Waals surface area contributed by atoms with Crippen LogP contribution in [0.25, 0.3) is 0 Å². The number of carboxylic acids is 2. The summed E-state index contributed by atoms with van der Waals surface area (Å²) in [4.78, 5) is 47.0. The molecule has 1 aliphatic rings. The summed E-state index contributed by atoms with van der Waals surface area (Å²) in [5.74, 6) is -4.47. The standard InChI is InChI=1S/C14H17NO7/c1-3-4-8-11(7(2)16)13(20)15(12(8)19)9(14(21)22)5-6-10(17)18/h3-4,7,9,16H,5-6H2,1-2H3,(H,17,18)(H,21,22)/b4-3-. The maximum Gasteiger partial charge on any atom is 0.326 e. The van der Waals surface area contributed by atoms with Gasteiger partial charge in [0.05, 0.1) is 17.3 Å². The lowest BCUT2D eigenvalue weighted by atomic mass is 10.1. The highest BCUT2D eigenvalue weighted by Gasteiger charge is 2.44. The second kappa shape index (κ2) is 6.99. The molecular formula is C14H17NO7. The van der Waals surface area contributed by atoms with Crippen LogP contribution in [0.1, 0.15) is 26.7 Å². The van der Waals surface area contributed by atoms with Gasteiger partial charge in [0.1, 0.15) is 6.04 Å². The van der Waals surface area contributed by atoms with Gasteiger partial charge in [-0.2, -0.15) is 0 Å². The van der Waals surface area contributed by atoms with Crippen LogP contribution >= 0.6 is 0 Å². The normalized spacial score (nSPS) is 18.2. The Hall–Kier alpha value is -2.48. The maximum atomic E-state index is 12.3. The van der Waals surface area contributed by atoms with Crippen molar-refractivity contribution >= 4 is 23.8 Å². The van der Waals surface area contributed by atoms with Crippen molar-refractivity contribution in [1.82, 2.24) is 4.90 Å². The summed E-state index contributed by atoms with van der Waals surface area (Å²) in [5.41, 5.74) is -0.270. The van der Waals surface area contributed by atoms with E-state index in [1.165, 1.54) is 19.1 Å². The maximum absolute atomic E-state index is 12.3. The second-order valence-corrected chi connectivity index (χ2v) is 4.77. The molecule has 0 aromatic rings. The van der Waals surface area contributed by atoms with Gasteiger partial charge in [-0.15, -0.1) is 0 Å². The predicted molar refractivity (Wildman–Crippen MR) is 73.7 cm³/mol. The summed E-state index contributed by atoms with van der Waals surface area (Å²) in [6, 6.07) is -1.59. The largest absolute Gasteiger partial charge is 0.481 e. The van der Waals surface area contributed by atoms with E-state index in [9.17, 15) is 29.4 Å². The fraction of sp³-hybridized carbons (Fsp3) is 0.429. The van der Waals surface area contributed by atoms with E-state index in [1.807, 2.05) is 0 Å². The van der Waals surface area contributed by atoms with Crippen molar-refractivity contribution in [3.63, 3.8) is 0 Å². The summed E-state index contributed by atoms with van der Waals surface area (Å²) in [7, 11) is 0. The molecule has 3 N–H and O–H groups in total. The molecule has 0 saturated carbocycles. The molecule has 1 aliphatic heterocycles. The van der Waals surface area contributed by atoms with Crippen molar-refractivity contribution < 1.29 is 34.5 Å². The molecule has 0 fully saturated rings. The average Bonchev–Trinajstić information content (AvgIpc) is 2.63. The van der Waals surface area contributed by atoms with Gasteiger partial charge >= 0.3 is 11.9 Å². The lowest BCUT2D eigenvalue weighted by Gasteiger charge is -2.23. The molecule has 2 unspecified atom stereocenters. The quantitative estimate of drug-likeness (QED) is 0.560. The Kier molecular flexibility index (Phi) is 5.58. The molecule has 0 spiro atoms. The number of hydrogen-bond donors (Lipinski definition) is 3. The fourth-order valence-corrected chi connectivity index (χ4v) is 2.22. The molecule has 2 atom stereocenters. The highest BCUT2D eigenvalue weighted by Crippen LogP contribution is 2.28. The Balaban J connectivity index is 3.21. The number of aliphatic hydroxyl groups is 1. The molecular weight excluding hydrogens is 294 g/mol. The molecule has 0 aromatic heterocycles. The van der Waals surface area contributed by atoms with E-state index in [-0.39, 0.29) is 11.1 Å². The molecule has 8 nitrogen and oxygen atoms in total. The molecule has 0 bridgehead atoms. The predicted octanol–water partition coefficient (Wildman–Crippen LogP) is -0.0733. The molecule has 0 aromatic carbocycles. The van der Waals surface area contributed by atoms with Gasteiger partial charge in [0.25, 0.3) is 11.8 Å². The van der Waals surface area contributed by atoms with Crippen LogP contribution in [-0.4, -0.2) is 56.1 Å². The van der Waals surface area contributed by atoms with Crippen LogP contribution in [0.2, 0.25) is 0 Å². The molecule has 1 heterocycles. The lowest BCUT2D eigenvalue weighted by Crippen LogP contribution is -2.46. The lowest BCUT2D eigenvalue weighted by molar-refractivity contribution is -0.155. The monoisotopic (exact) mass is 311 g/mol. The average molecular weight is 311 g/mol. The zero-order chi connectivity index (χ0) is 17.0. The smallest absolute Gasteiger partial charge is 0.326 e. The summed E-state index contributed by atoms with van der Waals surface area (Å²) < 4.78 is 0. The first-order valence-electron chi connectivity index (χ1n) is 6.59. The first-order valence-corrected chi connectivity index (χ1v) is 6.59. The molecule has 0 radical (unpaired) electrons. The molecule has 1 rings (SSSR count). The number of hydrogen-bond acceptors (Lipinski definition) is 5.